The maximum absolute atomic E-state index is 13.2. The smallest absolute Gasteiger partial charge is 0.281 e. The van der Waals surface area contributed by atoms with Gasteiger partial charge in [0.25, 0.3) is 10.0 Å². The quantitative estimate of drug-likeness (QED) is 0.844. The third-order valence-electron chi connectivity index (χ3n) is 4.37. The summed E-state index contributed by atoms with van der Waals surface area (Å²) in [6.45, 7) is 4.86. The van der Waals surface area contributed by atoms with Crippen LogP contribution in [0.1, 0.15) is 24.7 Å². The Kier molecular flexibility index (Phi) is 3.16. The molecule has 23 heavy (non-hydrogen) atoms. The summed E-state index contributed by atoms with van der Waals surface area (Å²) in [5.41, 5.74) is 1.64. The topological polar surface area (TPSA) is 64.4 Å². The molecule has 3 heterocycles. The van der Waals surface area contributed by atoms with Gasteiger partial charge in [-0.15, -0.1) is 0 Å². The molecule has 0 fully saturated rings. The zero-order valence-electron chi connectivity index (χ0n) is 13.2. The summed E-state index contributed by atoms with van der Waals surface area (Å²) in [6, 6.07) is 5.60. The molecule has 0 bridgehead atoms. The highest BCUT2D eigenvalue weighted by molar-refractivity contribution is 7.92. The van der Waals surface area contributed by atoms with Crippen LogP contribution in [0.5, 0.6) is 5.75 Å². The number of rotatable bonds is 2. The van der Waals surface area contributed by atoms with Crippen LogP contribution in [0.25, 0.3) is 0 Å². The van der Waals surface area contributed by atoms with Gasteiger partial charge in [-0.1, -0.05) is 6.07 Å². The van der Waals surface area contributed by atoms with E-state index in [4.69, 9.17) is 4.74 Å². The summed E-state index contributed by atoms with van der Waals surface area (Å²) in [7, 11) is -3.65. The van der Waals surface area contributed by atoms with Gasteiger partial charge in [0.1, 0.15) is 17.7 Å². The van der Waals surface area contributed by atoms with Crippen molar-refractivity contribution in [1.29, 1.82) is 0 Å². The van der Waals surface area contributed by atoms with Gasteiger partial charge in [0.05, 0.1) is 18.4 Å². The predicted octanol–water partition coefficient (Wildman–Crippen LogP) is 2.11. The van der Waals surface area contributed by atoms with Gasteiger partial charge in [-0.05, 0) is 38.0 Å². The van der Waals surface area contributed by atoms with E-state index >= 15 is 0 Å². The van der Waals surface area contributed by atoms with Crippen LogP contribution in [0.15, 0.2) is 29.4 Å². The van der Waals surface area contributed by atoms with E-state index in [1.54, 1.807) is 0 Å². The average Bonchev–Trinajstić information content (AvgIpc) is 3.08. The molecule has 0 spiro atoms. The van der Waals surface area contributed by atoms with Crippen LogP contribution in [0, 0.1) is 6.92 Å². The molecule has 7 heteroatoms. The first kappa shape index (κ1) is 14.6. The largest absolute Gasteiger partial charge is 0.487 e. The molecule has 0 radical (unpaired) electrons. The molecule has 4 rings (SSSR count). The molecule has 1 atom stereocenters. The minimum Gasteiger partial charge on any atom is -0.487 e. The molecule has 2 aliphatic heterocycles. The Morgan fingerprint density at radius 1 is 1.35 bits per heavy atom. The lowest BCUT2D eigenvalue weighted by Crippen LogP contribution is -2.42. The molecule has 2 aromatic rings. The first-order valence-electron chi connectivity index (χ1n) is 7.81. The van der Waals surface area contributed by atoms with Crippen LogP contribution in [0.4, 0.5) is 5.69 Å². The Hall–Kier alpha value is -2.02. The number of benzene rings is 1. The second-order valence-corrected chi connectivity index (χ2v) is 8.01. The molecule has 0 saturated carbocycles. The second-order valence-electron chi connectivity index (χ2n) is 6.20. The second kappa shape index (κ2) is 4.99. The number of sulfonamides is 1. The minimum absolute atomic E-state index is 0.194. The first-order chi connectivity index (χ1) is 11.0. The van der Waals surface area contributed by atoms with E-state index < -0.39 is 10.0 Å². The van der Waals surface area contributed by atoms with Gasteiger partial charge in [-0.25, -0.2) is 4.98 Å². The van der Waals surface area contributed by atoms with Crippen LogP contribution in [0.2, 0.25) is 0 Å². The number of fused-ring (bicyclic) bond motifs is 2. The maximum atomic E-state index is 13.2. The Bertz CT molecular complexity index is 873. The molecule has 2 aliphatic rings. The predicted molar refractivity (Wildman–Crippen MR) is 86.3 cm³/mol. The standard InChI is InChI=1S/C16H19N3O3S/c1-11-5-6-13-14(8-11)22-12(2)10-19(13)23(20,21)16-9-17-15-4-3-7-18(15)16/h5-6,8-9,12H,3-4,7,10H2,1-2H3. The summed E-state index contributed by atoms with van der Waals surface area (Å²) in [5, 5.41) is 0.283. The Balaban J connectivity index is 1.83. The maximum Gasteiger partial charge on any atom is 0.281 e. The van der Waals surface area contributed by atoms with Crippen molar-refractivity contribution in [2.24, 2.45) is 0 Å². The van der Waals surface area contributed by atoms with Crippen molar-refractivity contribution < 1.29 is 13.2 Å². The summed E-state index contributed by atoms with van der Waals surface area (Å²) < 4.78 is 35.5. The zero-order valence-corrected chi connectivity index (χ0v) is 14.0. The van der Waals surface area contributed by atoms with Crippen LogP contribution in [-0.4, -0.2) is 30.6 Å². The number of aromatic nitrogens is 2. The Labute approximate surface area is 135 Å². The van der Waals surface area contributed by atoms with Crippen molar-refractivity contribution in [3.05, 3.63) is 35.8 Å². The lowest BCUT2D eigenvalue weighted by Gasteiger charge is -2.34. The van der Waals surface area contributed by atoms with E-state index in [0.717, 1.165) is 24.2 Å². The van der Waals surface area contributed by atoms with Crippen molar-refractivity contribution >= 4 is 15.7 Å². The van der Waals surface area contributed by atoms with E-state index in [-0.39, 0.29) is 11.1 Å². The Morgan fingerprint density at radius 2 is 2.17 bits per heavy atom. The number of anilines is 1. The zero-order chi connectivity index (χ0) is 16.2. The first-order valence-corrected chi connectivity index (χ1v) is 9.25. The van der Waals surface area contributed by atoms with E-state index in [2.05, 4.69) is 4.98 Å². The van der Waals surface area contributed by atoms with Crippen molar-refractivity contribution in [2.45, 2.75) is 44.4 Å². The number of hydrogen-bond acceptors (Lipinski definition) is 4. The number of hydrogen-bond donors (Lipinski definition) is 0. The average molecular weight is 333 g/mol. The molecule has 0 N–H and O–H groups in total. The van der Waals surface area contributed by atoms with E-state index in [0.29, 0.717) is 24.5 Å². The third kappa shape index (κ3) is 2.22. The molecule has 0 saturated heterocycles. The van der Waals surface area contributed by atoms with Crippen LogP contribution in [-0.2, 0) is 23.0 Å². The summed E-state index contributed by atoms with van der Waals surface area (Å²) in [5.74, 6) is 1.47. The summed E-state index contributed by atoms with van der Waals surface area (Å²) in [4.78, 5) is 4.27. The number of ether oxygens (including phenoxy) is 1. The van der Waals surface area contributed by atoms with E-state index in [1.807, 2.05) is 36.6 Å². The highest BCUT2D eigenvalue weighted by Gasteiger charge is 2.36. The van der Waals surface area contributed by atoms with Gasteiger partial charge >= 0.3 is 0 Å². The van der Waals surface area contributed by atoms with Crippen LogP contribution in [0.3, 0.4) is 0 Å². The van der Waals surface area contributed by atoms with Crippen LogP contribution < -0.4 is 9.04 Å². The van der Waals surface area contributed by atoms with E-state index in [1.165, 1.54) is 10.5 Å². The van der Waals surface area contributed by atoms with Gasteiger partial charge in [-0.2, -0.15) is 8.42 Å². The van der Waals surface area contributed by atoms with Crippen molar-refractivity contribution in [2.75, 3.05) is 10.8 Å². The third-order valence-corrected chi connectivity index (χ3v) is 6.15. The molecular weight excluding hydrogens is 314 g/mol. The minimum atomic E-state index is -3.65. The lowest BCUT2D eigenvalue weighted by molar-refractivity contribution is 0.219. The number of imidazole rings is 1. The molecule has 122 valence electrons. The van der Waals surface area contributed by atoms with Crippen LogP contribution >= 0.6 is 0 Å². The number of nitrogens with zero attached hydrogens (tertiary/aromatic N) is 3. The lowest BCUT2D eigenvalue weighted by atomic mass is 10.2. The van der Waals surface area contributed by atoms with E-state index in [9.17, 15) is 8.42 Å². The normalized spacial score (nSPS) is 20.1. The fourth-order valence-electron chi connectivity index (χ4n) is 3.28. The van der Waals surface area contributed by atoms with Gasteiger partial charge in [0, 0.05) is 13.0 Å². The molecule has 1 unspecified atom stereocenters. The summed E-state index contributed by atoms with van der Waals surface area (Å²) >= 11 is 0. The van der Waals surface area contributed by atoms with Crippen molar-refractivity contribution in [1.82, 2.24) is 9.55 Å². The SMILES string of the molecule is Cc1ccc2c(c1)OC(C)CN2S(=O)(=O)c1cnc2n1CCC2. The highest BCUT2D eigenvalue weighted by Crippen LogP contribution is 2.38. The van der Waals surface area contributed by atoms with Gasteiger partial charge in [-0.3, -0.25) is 4.31 Å². The molecule has 0 amide bonds. The van der Waals surface area contributed by atoms with Crippen molar-refractivity contribution in [3.63, 3.8) is 0 Å². The fraction of sp³-hybridized carbons (Fsp3) is 0.438. The van der Waals surface area contributed by atoms with Crippen molar-refractivity contribution in [3.8, 4) is 5.75 Å². The molecule has 0 aliphatic carbocycles. The summed E-state index contributed by atoms with van der Waals surface area (Å²) in [6.07, 6.45) is 3.07. The van der Waals surface area contributed by atoms with Gasteiger partial charge < -0.3 is 9.30 Å². The van der Waals surface area contributed by atoms with Gasteiger partial charge in [0.2, 0.25) is 0 Å². The fourth-order valence-corrected chi connectivity index (χ4v) is 4.99. The van der Waals surface area contributed by atoms with Gasteiger partial charge in [0.15, 0.2) is 5.03 Å². The molecular formula is C16H19N3O3S. The molecule has 6 nitrogen and oxygen atoms in total. The molecule has 1 aromatic heterocycles. The molecule has 1 aromatic carbocycles. The highest BCUT2D eigenvalue weighted by atomic mass is 32.2. The Morgan fingerprint density at radius 3 is 3.00 bits per heavy atom. The number of aryl methyl sites for hydroxylation is 2. The monoisotopic (exact) mass is 333 g/mol.